The lowest BCUT2D eigenvalue weighted by Gasteiger charge is -2.36. The number of nitrogens with zero attached hydrogens (tertiary/aromatic N) is 4. The fourth-order valence-electron chi connectivity index (χ4n) is 2.69. The van der Waals surface area contributed by atoms with Crippen LogP contribution in [0.25, 0.3) is 0 Å². The van der Waals surface area contributed by atoms with Crippen molar-refractivity contribution in [2.45, 2.75) is 19.8 Å². The second kappa shape index (κ2) is 7.11. The third-order valence-corrected chi connectivity index (χ3v) is 4.25. The van der Waals surface area contributed by atoms with Gasteiger partial charge in [0.1, 0.15) is 0 Å². The molecule has 5 nitrogen and oxygen atoms in total. The van der Waals surface area contributed by atoms with Gasteiger partial charge in [-0.25, -0.2) is 0 Å². The van der Waals surface area contributed by atoms with Crippen LogP contribution in [0.2, 0.25) is 5.02 Å². The van der Waals surface area contributed by atoms with Crippen LogP contribution in [0, 0.1) is 0 Å². The Balaban J connectivity index is 1.47. The van der Waals surface area contributed by atoms with Gasteiger partial charge >= 0.3 is 0 Å². The molecule has 118 valence electrons. The number of hydrogen-bond acceptors (Lipinski definition) is 5. The Labute approximate surface area is 135 Å². The normalized spacial score (nSPS) is 16.2. The zero-order valence-corrected chi connectivity index (χ0v) is 13.6. The van der Waals surface area contributed by atoms with Crippen molar-refractivity contribution in [2.24, 2.45) is 0 Å². The Morgan fingerprint density at radius 1 is 1.23 bits per heavy atom. The van der Waals surface area contributed by atoms with Gasteiger partial charge in [-0.2, -0.15) is 4.98 Å². The highest BCUT2D eigenvalue weighted by atomic mass is 35.5. The molecular weight excluding hydrogens is 300 g/mol. The molecule has 0 unspecified atom stereocenters. The van der Waals surface area contributed by atoms with E-state index in [0.29, 0.717) is 0 Å². The molecule has 0 N–H and O–H groups in total. The van der Waals surface area contributed by atoms with Crippen LogP contribution < -0.4 is 4.90 Å². The van der Waals surface area contributed by atoms with E-state index >= 15 is 0 Å². The Kier molecular flexibility index (Phi) is 4.95. The average Bonchev–Trinajstić information content (AvgIpc) is 3.01. The number of anilines is 1. The van der Waals surface area contributed by atoms with E-state index in [1.807, 2.05) is 25.1 Å². The summed E-state index contributed by atoms with van der Waals surface area (Å²) in [5, 5.41) is 4.73. The first-order valence-corrected chi connectivity index (χ1v) is 8.16. The van der Waals surface area contributed by atoms with Crippen molar-refractivity contribution >= 4 is 17.3 Å². The standard InChI is InChI=1S/C16H21ClN4O/c1-2-15-18-16(22-19-15)6-7-20-8-10-21(11-9-20)14-5-3-4-13(17)12-14/h3-5,12H,2,6-11H2,1H3. The molecule has 1 fully saturated rings. The second-order valence-corrected chi connectivity index (χ2v) is 5.95. The number of benzene rings is 1. The minimum Gasteiger partial charge on any atom is -0.369 e. The monoisotopic (exact) mass is 320 g/mol. The van der Waals surface area contributed by atoms with Crippen molar-refractivity contribution in [3.8, 4) is 0 Å². The molecule has 1 aliphatic rings. The van der Waals surface area contributed by atoms with E-state index in [1.54, 1.807) is 0 Å². The molecule has 0 bridgehead atoms. The number of aryl methyl sites for hydroxylation is 1. The van der Waals surface area contributed by atoms with Crippen LogP contribution >= 0.6 is 11.6 Å². The first kappa shape index (κ1) is 15.3. The van der Waals surface area contributed by atoms with Crippen molar-refractivity contribution in [2.75, 3.05) is 37.6 Å². The van der Waals surface area contributed by atoms with Gasteiger partial charge in [-0.3, -0.25) is 4.90 Å². The SMILES string of the molecule is CCc1noc(CCN2CCN(c3cccc(Cl)c3)CC2)n1. The van der Waals surface area contributed by atoms with E-state index in [4.69, 9.17) is 16.1 Å². The molecule has 0 atom stereocenters. The van der Waals surface area contributed by atoms with Gasteiger partial charge in [0.15, 0.2) is 5.82 Å². The predicted molar refractivity (Wildman–Crippen MR) is 87.5 cm³/mol. The fraction of sp³-hybridized carbons (Fsp3) is 0.500. The summed E-state index contributed by atoms with van der Waals surface area (Å²) in [5.74, 6) is 1.54. The maximum Gasteiger partial charge on any atom is 0.227 e. The number of piperazine rings is 1. The summed E-state index contributed by atoms with van der Waals surface area (Å²) in [6.07, 6.45) is 1.64. The second-order valence-electron chi connectivity index (χ2n) is 5.52. The number of aromatic nitrogens is 2. The predicted octanol–water partition coefficient (Wildman–Crippen LogP) is 2.65. The Bertz CT molecular complexity index is 608. The molecule has 0 spiro atoms. The van der Waals surface area contributed by atoms with Crippen LogP contribution in [-0.4, -0.2) is 47.8 Å². The van der Waals surface area contributed by atoms with Gasteiger partial charge in [-0.1, -0.05) is 29.7 Å². The molecule has 1 aliphatic heterocycles. The maximum absolute atomic E-state index is 6.06. The van der Waals surface area contributed by atoms with Gasteiger partial charge in [0.25, 0.3) is 0 Å². The largest absolute Gasteiger partial charge is 0.369 e. The summed E-state index contributed by atoms with van der Waals surface area (Å²) in [7, 11) is 0. The van der Waals surface area contributed by atoms with E-state index in [0.717, 1.165) is 62.3 Å². The van der Waals surface area contributed by atoms with Crippen LogP contribution in [0.3, 0.4) is 0 Å². The lowest BCUT2D eigenvalue weighted by molar-refractivity contribution is 0.249. The molecule has 0 amide bonds. The molecule has 0 saturated carbocycles. The molecule has 22 heavy (non-hydrogen) atoms. The number of hydrogen-bond donors (Lipinski definition) is 0. The smallest absolute Gasteiger partial charge is 0.227 e. The van der Waals surface area contributed by atoms with Gasteiger partial charge in [-0.15, -0.1) is 0 Å². The first-order chi connectivity index (χ1) is 10.7. The maximum atomic E-state index is 6.06. The summed E-state index contributed by atoms with van der Waals surface area (Å²) < 4.78 is 5.24. The van der Waals surface area contributed by atoms with E-state index in [1.165, 1.54) is 5.69 Å². The minimum atomic E-state index is 0.745. The molecule has 2 heterocycles. The topological polar surface area (TPSA) is 45.4 Å². The lowest BCUT2D eigenvalue weighted by Crippen LogP contribution is -2.47. The van der Waals surface area contributed by atoms with E-state index in [2.05, 4.69) is 26.0 Å². The third kappa shape index (κ3) is 3.78. The molecule has 0 aliphatic carbocycles. The van der Waals surface area contributed by atoms with Gasteiger partial charge in [-0.05, 0) is 18.2 Å². The van der Waals surface area contributed by atoms with Crippen LogP contribution in [0.1, 0.15) is 18.6 Å². The summed E-state index contributed by atoms with van der Waals surface area (Å²) in [6, 6.07) is 8.06. The average molecular weight is 321 g/mol. The van der Waals surface area contributed by atoms with Crippen LogP contribution in [0.4, 0.5) is 5.69 Å². The van der Waals surface area contributed by atoms with Gasteiger partial charge in [0.05, 0.1) is 0 Å². The molecule has 6 heteroatoms. The summed E-state index contributed by atoms with van der Waals surface area (Å²) >= 11 is 6.06. The van der Waals surface area contributed by atoms with E-state index in [-0.39, 0.29) is 0 Å². The van der Waals surface area contributed by atoms with E-state index < -0.39 is 0 Å². The summed E-state index contributed by atoms with van der Waals surface area (Å²) in [4.78, 5) is 9.18. The van der Waals surface area contributed by atoms with Crippen LogP contribution in [0.15, 0.2) is 28.8 Å². The Morgan fingerprint density at radius 2 is 2.05 bits per heavy atom. The zero-order valence-electron chi connectivity index (χ0n) is 12.8. The van der Waals surface area contributed by atoms with Crippen molar-refractivity contribution in [3.63, 3.8) is 0 Å². The molecule has 1 aromatic heterocycles. The molecular formula is C16H21ClN4O. The molecule has 1 aromatic carbocycles. The van der Waals surface area contributed by atoms with Gasteiger partial charge in [0.2, 0.25) is 5.89 Å². The molecule has 1 saturated heterocycles. The van der Waals surface area contributed by atoms with Gasteiger partial charge in [0, 0.05) is 56.3 Å². The quantitative estimate of drug-likeness (QED) is 0.847. The Morgan fingerprint density at radius 3 is 2.73 bits per heavy atom. The third-order valence-electron chi connectivity index (χ3n) is 4.01. The minimum absolute atomic E-state index is 0.745. The highest BCUT2D eigenvalue weighted by Gasteiger charge is 2.18. The molecule has 0 radical (unpaired) electrons. The van der Waals surface area contributed by atoms with Crippen molar-refractivity contribution in [1.29, 1.82) is 0 Å². The van der Waals surface area contributed by atoms with Crippen LogP contribution in [0.5, 0.6) is 0 Å². The van der Waals surface area contributed by atoms with Crippen molar-refractivity contribution in [1.82, 2.24) is 15.0 Å². The summed E-state index contributed by atoms with van der Waals surface area (Å²) in [5.41, 5.74) is 1.21. The van der Waals surface area contributed by atoms with Gasteiger partial charge < -0.3 is 9.42 Å². The molecule has 3 rings (SSSR count). The first-order valence-electron chi connectivity index (χ1n) is 7.79. The number of halogens is 1. The summed E-state index contributed by atoms with van der Waals surface area (Å²) in [6.45, 7) is 7.12. The number of rotatable bonds is 5. The highest BCUT2D eigenvalue weighted by molar-refractivity contribution is 6.30. The fourth-order valence-corrected chi connectivity index (χ4v) is 2.88. The van der Waals surface area contributed by atoms with Crippen molar-refractivity contribution < 1.29 is 4.52 Å². The lowest BCUT2D eigenvalue weighted by atomic mass is 10.2. The Hall–Kier alpha value is -1.59. The highest BCUT2D eigenvalue weighted by Crippen LogP contribution is 2.20. The van der Waals surface area contributed by atoms with Crippen LogP contribution in [-0.2, 0) is 12.8 Å². The zero-order chi connectivity index (χ0) is 15.4. The van der Waals surface area contributed by atoms with E-state index in [9.17, 15) is 0 Å². The van der Waals surface area contributed by atoms with Crippen molar-refractivity contribution in [3.05, 3.63) is 41.0 Å². The molecule has 2 aromatic rings.